The minimum Gasteiger partial charge on any atom is -0.474 e. The third kappa shape index (κ3) is 4.11. The van der Waals surface area contributed by atoms with Crippen LogP contribution in [0.25, 0.3) is 22.0 Å². The second-order valence-electron chi connectivity index (χ2n) is 7.94. The largest absolute Gasteiger partial charge is 0.474 e. The Morgan fingerprint density at radius 1 is 1.30 bits per heavy atom. The second-order valence-corrected chi connectivity index (χ2v) is 7.94. The van der Waals surface area contributed by atoms with Crippen molar-refractivity contribution in [3.05, 3.63) is 71.6 Å². The number of pyridine rings is 2. The molecule has 4 aromatic rings. The lowest BCUT2D eigenvalue weighted by atomic mass is 10.1. The number of nitriles is 1. The van der Waals surface area contributed by atoms with Crippen LogP contribution in [0.2, 0.25) is 0 Å². The molecule has 0 unspecified atom stereocenters. The van der Waals surface area contributed by atoms with E-state index in [2.05, 4.69) is 20.2 Å². The van der Waals surface area contributed by atoms with E-state index in [9.17, 15) is 14.4 Å². The van der Waals surface area contributed by atoms with Crippen LogP contribution in [0.15, 0.2) is 48.8 Å². The summed E-state index contributed by atoms with van der Waals surface area (Å²) in [5.74, 6) is -0.345. The number of amides is 1. The summed E-state index contributed by atoms with van der Waals surface area (Å²) < 4.78 is 19.7. The van der Waals surface area contributed by atoms with Gasteiger partial charge in [-0.1, -0.05) is 12.1 Å². The van der Waals surface area contributed by atoms with Gasteiger partial charge >= 0.3 is 0 Å². The lowest BCUT2D eigenvalue weighted by Crippen LogP contribution is -2.27. The van der Waals surface area contributed by atoms with Crippen LogP contribution in [0.1, 0.15) is 34.6 Å². The minimum atomic E-state index is -0.356. The maximum atomic E-state index is 13.8. The van der Waals surface area contributed by atoms with E-state index in [0.717, 1.165) is 18.4 Å². The predicted octanol–water partition coefficient (Wildman–Crippen LogP) is 3.84. The first-order valence-electron chi connectivity index (χ1n) is 10.4. The Morgan fingerprint density at radius 3 is 2.91 bits per heavy atom. The Morgan fingerprint density at radius 2 is 2.15 bits per heavy atom. The molecule has 1 aliphatic carbocycles. The van der Waals surface area contributed by atoms with Crippen molar-refractivity contribution >= 4 is 16.8 Å². The molecule has 0 bridgehead atoms. The van der Waals surface area contributed by atoms with Crippen LogP contribution >= 0.6 is 0 Å². The van der Waals surface area contributed by atoms with Crippen molar-refractivity contribution in [3.63, 3.8) is 0 Å². The van der Waals surface area contributed by atoms with Crippen LogP contribution in [-0.2, 0) is 6.54 Å². The van der Waals surface area contributed by atoms with Crippen LogP contribution in [0.4, 0.5) is 4.39 Å². The highest BCUT2D eigenvalue weighted by atomic mass is 19.1. The number of hydrogen-bond acceptors (Lipinski definition) is 6. The van der Waals surface area contributed by atoms with Crippen LogP contribution < -0.4 is 4.74 Å². The first-order chi connectivity index (χ1) is 16.0. The Hall–Kier alpha value is -4.32. The van der Waals surface area contributed by atoms with Crippen LogP contribution in [0.5, 0.6) is 5.88 Å². The summed E-state index contributed by atoms with van der Waals surface area (Å²) in [5, 5.41) is 16.7. The number of aromatic amines is 1. The minimum absolute atomic E-state index is 0.0614. The molecule has 1 fully saturated rings. The molecular formula is C24H19FN6O2. The van der Waals surface area contributed by atoms with Gasteiger partial charge in [-0.2, -0.15) is 10.4 Å². The number of carbonyl (C=O) groups excluding carboxylic acids is 1. The van der Waals surface area contributed by atoms with Crippen molar-refractivity contribution in [2.75, 3.05) is 7.05 Å². The van der Waals surface area contributed by atoms with Gasteiger partial charge in [0.05, 0.1) is 17.1 Å². The summed E-state index contributed by atoms with van der Waals surface area (Å²) in [6.45, 7) is 0.238. The highest BCUT2D eigenvalue weighted by Crippen LogP contribution is 2.34. The van der Waals surface area contributed by atoms with Gasteiger partial charge in [0.1, 0.15) is 23.7 Å². The molecule has 1 N–H and O–H groups in total. The SMILES string of the molecule is CN(Cc1cnc(C#N)c2cn[nH]c12)C(=O)c1ccc(-c2cccc(F)c2)c(OC2CC2)n1. The molecule has 1 aliphatic rings. The molecule has 0 aliphatic heterocycles. The molecule has 0 atom stereocenters. The summed E-state index contributed by atoms with van der Waals surface area (Å²) in [6, 6.07) is 11.6. The highest BCUT2D eigenvalue weighted by molar-refractivity contribution is 5.93. The molecule has 0 spiro atoms. The lowest BCUT2D eigenvalue weighted by molar-refractivity contribution is 0.0778. The average Bonchev–Trinajstić information content (AvgIpc) is 3.49. The van der Waals surface area contributed by atoms with E-state index in [1.54, 1.807) is 43.7 Å². The van der Waals surface area contributed by atoms with Gasteiger partial charge in [0.2, 0.25) is 5.88 Å². The standard InChI is InChI=1S/C24H19FN6O2/c1-31(13-15-11-27-21(10-26)19-12-28-30-22(15)19)24(32)20-8-7-18(14-3-2-4-16(25)9-14)23(29-20)33-17-5-6-17/h2-4,7-9,11-12,17H,5-6,13H2,1H3,(H,28,30). The number of ether oxygens (including phenoxy) is 1. The quantitative estimate of drug-likeness (QED) is 0.486. The number of H-pyrrole nitrogens is 1. The number of nitrogens with one attached hydrogen (secondary N) is 1. The summed E-state index contributed by atoms with van der Waals surface area (Å²) in [6.07, 6.45) is 5.01. The molecule has 33 heavy (non-hydrogen) atoms. The topological polar surface area (TPSA) is 108 Å². The fraction of sp³-hybridized carbons (Fsp3) is 0.208. The number of carbonyl (C=O) groups is 1. The first-order valence-corrected chi connectivity index (χ1v) is 10.4. The lowest BCUT2D eigenvalue weighted by Gasteiger charge is -2.18. The van der Waals surface area contributed by atoms with Gasteiger partial charge in [-0.05, 0) is 42.7 Å². The zero-order valence-corrected chi connectivity index (χ0v) is 17.7. The van der Waals surface area contributed by atoms with Crippen molar-refractivity contribution in [1.29, 1.82) is 5.26 Å². The van der Waals surface area contributed by atoms with E-state index in [4.69, 9.17) is 4.74 Å². The summed E-state index contributed by atoms with van der Waals surface area (Å²) >= 11 is 0. The Bertz CT molecular complexity index is 1410. The number of rotatable bonds is 6. The fourth-order valence-corrected chi connectivity index (χ4v) is 3.59. The van der Waals surface area contributed by atoms with Gasteiger partial charge in [0.15, 0.2) is 5.69 Å². The number of benzene rings is 1. The van der Waals surface area contributed by atoms with Gasteiger partial charge in [-0.25, -0.2) is 14.4 Å². The zero-order chi connectivity index (χ0) is 22.9. The van der Waals surface area contributed by atoms with Crippen molar-refractivity contribution in [3.8, 4) is 23.1 Å². The third-order valence-electron chi connectivity index (χ3n) is 5.44. The molecule has 9 heteroatoms. The van der Waals surface area contributed by atoms with Crippen LogP contribution in [0.3, 0.4) is 0 Å². The highest BCUT2D eigenvalue weighted by Gasteiger charge is 2.27. The van der Waals surface area contributed by atoms with E-state index in [1.165, 1.54) is 17.0 Å². The normalized spacial score (nSPS) is 13.0. The molecule has 0 radical (unpaired) electrons. The van der Waals surface area contributed by atoms with Gasteiger partial charge in [-0.3, -0.25) is 9.89 Å². The summed E-state index contributed by atoms with van der Waals surface area (Å²) in [4.78, 5) is 23.3. The van der Waals surface area contributed by atoms with Crippen LogP contribution in [0, 0.1) is 17.1 Å². The number of nitrogens with zero attached hydrogens (tertiary/aromatic N) is 5. The maximum absolute atomic E-state index is 13.8. The summed E-state index contributed by atoms with van der Waals surface area (Å²) in [5.41, 5.74) is 3.15. The van der Waals surface area contributed by atoms with E-state index in [-0.39, 0.29) is 35.8 Å². The Labute approximate surface area is 188 Å². The van der Waals surface area contributed by atoms with Gasteiger partial charge < -0.3 is 9.64 Å². The van der Waals surface area contributed by atoms with Crippen molar-refractivity contribution < 1.29 is 13.9 Å². The molecule has 8 nitrogen and oxygen atoms in total. The Balaban J connectivity index is 1.43. The fourth-order valence-electron chi connectivity index (χ4n) is 3.59. The van der Waals surface area contributed by atoms with Crippen molar-refractivity contribution in [1.82, 2.24) is 25.1 Å². The molecule has 1 amide bonds. The summed E-state index contributed by atoms with van der Waals surface area (Å²) in [7, 11) is 1.66. The number of hydrogen-bond donors (Lipinski definition) is 1. The maximum Gasteiger partial charge on any atom is 0.272 e. The van der Waals surface area contributed by atoms with E-state index in [1.807, 2.05) is 6.07 Å². The van der Waals surface area contributed by atoms with Gasteiger partial charge in [0, 0.05) is 30.9 Å². The average molecular weight is 442 g/mol. The molecule has 3 heterocycles. The number of halogens is 1. The van der Waals surface area contributed by atoms with Crippen LogP contribution in [-0.4, -0.2) is 44.1 Å². The first kappa shape index (κ1) is 20.6. The zero-order valence-electron chi connectivity index (χ0n) is 17.7. The number of fused-ring (bicyclic) bond motifs is 1. The molecule has 164 valence electrons. The van der Waals surface area contributed by atoms with E-state index in [0.29, 0.717) is 27.9 Å². The van der Waals surface area contributed by atoms with Gasteiger partial charge in [0.25, 0.3) is 5.91 Å². The van der Waals surface area contributed by atoms with Gasteiger partial charge in [-0.15, -0.1) is 0 Å². The van der Waals surface area contributed by atoms with E-state index >= 15 is 0 Å². The van der Waals surface area contributed by atoms with Crippen molar-refractivity contribution in [2.45, 2.75) is 25.5 Å². The predicted molar refractivity (Wildman–Crippen MR) is 118 cm³/mol. The Kier molecular flexibility index (Phi) is 5.18. The molecule has 1 aromatic carbocycles. The molecule has 0 saturated heterocycles. The molecule has 5 rings (SSSR count). The monoisotopic (exact) mass is 442 g/mol. The van der Waals surface area contributed by atoms with Crippen molar-refractivity contribution in [2.24, 2.45) is 0 Å². The smallest absolute Gasteiger partial charge is 0.272 e. The van der Waals surface area contributed by atoms with E-state index < -0.39 is 0 Å². The second kappa shape index (κ2) is 8.31. The number of aromatic nitrogens is 4. The molecular weight excluding hydrogens is 423 g/mol. The molecule has 1 saturated carbocycles. The molecule has 3 aromatic heterocycles. The third-order valence-corrected chi connectivity index (χ3v) is 5.44.